The molecule has 0 spiro atoms. The molecule has 3 aromatic rings. The van der Waals surface area contributed by atoms with Crippen molar-refractivity contribution in [2.45, 2.75) is 4.90 Å². The average molecular weight is 395 g/mol. The van der Waals surface area contributed by atoms with Crippen molar-refractivity contribution in [3.05, 3.63) is 75.8 Å². The first-order valence-corrected chi connectivity index (χ1v) is 8.92. The van der Waals surface area contributed by atoms with Crippen molar-refractivity contribution in [3.63, 3.8) is 0 Å². The molecule has 134 valence electrons. The summed E-state index contributed by atoms with van der Waals surface area (Å²) in [5.41, 5.74) is -1.44. The van der Waals surface area contributed by atoms with Crippen molar-refractivity contribution in [3.8, 4) is 11.6 Å². The molecule has 2 N–H and O–H groups in total. The van der Waals surface area contributed by atoms with E-state index in [9.17, 15) is 28.2 Å². The number of carboxylic acids is 1. The summed E-state index contributed by atoms with van der Waals surface area (Å²) in [6, 6.07) is 10.5. The summed E-state index contributed by atoms with van der Waals surface area (Å²) < 4.78 is 26.3. The number of aromatic carboxylic acids is 1. The van der Waals surface area contributed by atoms with Crippen LogP contribution in [0, 0.1) is 0 Å². The van der Waals surface area contributed by atoms with Crippen LogP contribution in [0.15, 0.2) is 64.4 Å². The lowest BCUT2D eigenvalue weighted by atomic mass is 10.2. The third-order valence-electron chi connectivity index (χ3n) is 3.58. The number of carbonyl (C=O) groups is 1. The van der Waals surface area contributed by atoms with Gasteiger partial charge in [0, 0.05) is 5.02 Å². The topological polar surface area (TPSA) is 119 Å². The van der Waals surface area contributed by atoms with E-state index in [1.807, 2.05) is 0 Å². The number of para-hydroxylation sites is 1. The molecule has 1 heterocycles. The van der Waals surface area contributed by atoms with Crippen molar-refractivity contribution in [1.82, 2.24) is 8.54 Å². The molecule has 2 aromatic carbocycles. The number of carboxylic acid groups (broad SMARTS) is 1. The predicted molar refractivity (Wildman–Crippen MR) is 92.7 cm³/mol. The smallest absolute Gasteiger partial charge is 0.350 e. The Bertz CT molecular complexity index is 1160. The minimum Gasteiger partial charge on any atom is -0.493 e. The molecule has 0 saturated carbocycles. The van der Waals surface area contributed by atoms with Crippen molar-refractivity contribution in [2.24, 2.45) is 0 Å². The van der Waals surface area contributed by atoms with E-state index in [0.717, 1.165) is 10.8 Å². The third-order valence-corrected chi connectivity index (χ3v) is 5.52. The summed E-state index contributed by atoms with van der Waals surface area (Å²) in [5, 5.41) is 19.6. The van der Waals surface area contributed by atoms with Crippen molar-refractivity contribution >= 4 is 27.6 Å². The third kappa shape index (κ3) is 2.87. The van der Waals surface area contributed by atoms with Crippen molar-refractivity contribution < 1.29 is 23.4 Å². The first-order chi connectivity index (χ1) is 12.2. The molecule has 0 atom stereocenters. The molecule has 0 unspecified atom stereocenters. The first-order valence-electron chi connectivity index (χ1n) is 7.10. The molecular formula is C16H11ClN2O6S. The summed E-state index contributed by atoms with van der Waals surface area (Å²) in [6.07, 6.45) is 0.845. The fraction of sp³-hybridized carbons (Fsp3) is 0. The molecule has 3 rings (SSSR count). The van der Waals surface area contributed by atoms with Crippen LogP contribution in [0.3, 0.4) is 0 Å². The fourth-order valence-electron chi connectivity index (χ4n) is 2.39. The van der Waals surface area contributed by atoms with Crippen LogP contribution in [0.25, 0.3) is 5.69 Å². The van der Waals surface area contributed by atoms with Crippen LogP contribution < -0.4 is 5.69 Å². The number of aromatic hydroxyl groups is 1. The van der Waals surface area contributed by atoms with Crippen LogP contribution in [-0.4, -0.2) is 33.1 Å². The van der Waals surface area contributed by atoms with Gasteiger partial charge in [0.25, 0.3) is 10.0 Å². The number of rotatable bonds is 4. The minimum atomic E-state index is -4.41. The molecule has 0 aliphatic rings. The molecule has 0 aliphatic heterocycles. The van der Waals surface area contributed by atoms with Crippen LogP contribution in [0.2, 0.25) is 5.02 Å². The second-order valence-electron chi connectivity index (χ2n) is 5.19. The molecular weight excluding hydrogens is 384 g/mol. The Morgan fingerprint density at radius 2 is 1.65 bits per heavy atom. The van der Waals surface area contributed by atoms with Crippen LogP contribution in [0.4, 0.5) is 0 Å². The highest BCUT2D eigenvalue weighted by Gasteiger charge is 2.26. The van der Waals surface area contributed by atoms with E-state index in [1.54, 1.807) is 0 Å². The van der Waals surface area contributed by atoms with Gasteiger partial charge in [-0.1, -0.05) is 23.7 Å². The fourth-order valence-corrected chi connectivity index (χ4v) is 3.80. The van der Waals surface area contributed by atoms with Gasteiger partial charge >= 0.3 is 11.7 Å². The van der Waals surface area contributed by atoms with Gasteiger partial charge in [-0.25, -0.2) is 18.0 Å². The summed E-state index contributed by atoms with van der Waals surface area (Å²) in [6.45, 7) is 0. The first kappa shape index (κ1) is 17.8. The number of imidazole rings is 1. The highest BCUT2D eigenvalue weighted by atomic mass is 35.5. The van der Waals surface area contributed by atoms with Crippen molar-refractivity contribution in [2.75, 3.05) is 0 Å². The highest BCUT2D eigenvalue weighted by molar-refractivity contribution is 7.90. The highest BCUT2D eigenvalue weighted by Crippen LogP contribution is 2.22. The van der Waals surface area contributed by atoms with E-state index in [2.05, 4.69) is 0 Å². The number of halogens is 1. The molecule has 0 fully saturated rings. The Kier molecular flexibility index (Phi) is 4.34. The van der Waals surface area contributed by atoms with Gasteiger partial charge in [0.05, 0.1) is 22.3 Å². The zero-order valence-corrected chi connectivity index (χ0v) is 14.5. The SMILES string of the molecule is O=C(O)c1ccccc1-n1cc(O)n(S(=O)(=O)c2ccc(Cl)cc2)c1=O. The van der Waals surface area contributed by atoms with Gasteiger partial charge in [-0.05, 0) is 36.4 Å². The van der Waals surface area contributed by atoms with Gasteiger partial charge in [-0.15, -0.1) is 3.97 Å². The van der Waals surface area contributed by atoms with E-state index in [0.29, 0.717) is 5.02 Å². The van der Waals surface area contributed by atoms with E-state index in [1.165, 1.54) is 48.5 Å². The van der Waals surface area contributed by atoms with Gasteiger partial charge < -0.3 is 10.2 Å². The lowest BCUT2D eigenvalue weighted by Crippen LogP contribution is -2.29. The Balaban J connectivity index is 2.24. The summed E-state index contributed by atoms with van der Waals surface area (Å²) in [5.74, 6) is -2.16. The molecule has 0 saturated heterocycles. The maximum absolute atomic E-state index is 12.7. The van der Waals surface area contributed by atoms with Crippen molar-refractivity contribution in [1.29, 1.82) is 0 Å². The molecule has 26 heavy (non-hydrogen) atoms. The van der Waals surface area contributed by atoms with Crippen LogP contribution in [0.5, 0.6) is 5.88 Å². The normalized spacial score (nSPS) is 11.4. The lowest BCUT2D eigenvalue weighted by Gasteiger charge is -2.06. The van der Waals surface area contributed by atoms with Gasteiger partial charge in [0.15, 0.2) is 0 Å². The molecule has 0 amide bonds. The van der Waals surface area contributed by atoms with Gasteiger partial charge in [0.2, 0.25) is 5.88 Å². The second kappa shape index (κ2) is 6.36. The van der Waals surface area contributed by atoms with E-state index < -0.39 is 27.6 Å². The molecule has 0 bridgehead atoms. The van der Waals surface area contributed by atoms with Crippen LogP contribution in [-0.2, 0) is 10.0 Å². The van der Waals surface area contributed by atoms with E-state index >= 15 is 0 Å². The Hall–Kier alpha value is -3.04. The Labute approximate surface area is 152 Å². The largest absolute Gasteiger partial charge is 0.493 e. The summed E-state index contributed by atoms with van der Waals surface area (Å²) >= 11 is 5.73. The summed E-state index contributed by atoms with van der Waals surface area (Å²) in [7, 11) is -4.41. The van der Waals surface area contributed by atoms with Crippen LogP contribution >= 0.6 is 11.6 Å². The Morgan fingerprint density at radius 1 is 1.04 bits per heavy atom. The quantitative estimate of drug-likeness (QED) is 0.698. The molecule has 0 aliphatic carbocycles. The Morgan fingerprint density at radius 3 is 2.27 bits per heavy atom. The zero-order chi connectivity index (χ0) is 19.1. The van der Waals surface area contributed by atoms with E-state index in [-0.39, 0.29) is 20.1 Å². The maximum atomic E-state index is 12.7. The second-order valence-corrected chi connectivity index (χ2v) is 7.41. The van der Waals surface area contributed by atoms with Gasteiger partial charge in [-0.3, -0.25) is 4.57 Å². The van der Waals surface area contributed by atoms with Crippen LogP contribution in [0.1, 0.15) is 10.4 Å². The predicted octanol–water partition coefficient (Wildman–Crippen LogP) is 1.93. The molecule has 8 nitrogen and oxygen atoms in total. The number of hydrogen-bond acceptors (Lipinski definition) is 5. The number of aromatic nitrogens is 2. The standard InChI is InChI=1S/C16H11ClN2O6S/c17-10-5-7-11(8-6-10)26(24,25)19-14(20)9-18(16(19)23)13-4-2-1-3-12(13)15(21)22/h1-9,20H,(H,21,22). The van der Waals surface area contributed by atoms with Gasteiger partial charge in [-0.2, -0.15) is 0 Å². The number of hydrogen-bond donors (Lipinski definition) is 2. The van der Waals surface area contributed by atoms with E-state index in [4.69, 9.17) is 11.6 Å². The molecule has 1 aromatic heterocycles. The monoisotopic (exact) mass is 394 g/mol. The lowest BCUT2D eigenvalue weighted by molar-refractivity contribution is 0.0697. The molecule has 0 radical (unpaired) electrons. The number of nitrogens with zero attached hydrogens (tertiary/aromatic N) is 2. The average Bonchev–Trinajstić information content (AvgIpc) is 2.90. The molecule has 10 heteroatoms. The zero-order valence-electron chi connectivity index (χ0n) is 12.9. The maximum Gasteiger partial charge on any atom is 0.350 e. The minimum absolute atomic E-state index is 0.0784. The number of benzene rings is 2. The summed E-state index contributed by atoms with van der Waals surface area (Å²) in [4.78, 5) is 23.7. The van der Waals surface area contributed by atoms with Gasteiger partial charge in [0.1, 0.15) is 0 Å².